The smallest absolute Gasteiger partial charge is 0.306 e. The minimum atomic E-state index is -3.81. The average molecular weight is 366 g/mol. The molecule has 0 rings (SSSR count). The van der Waals surface area contributed by atoms with Gasteiger partial charge in [-0.3, -0.25) is 14.1 Å². The van der Waals surface area contributed by atoms with Gasteiger partial charge in [0.2, 0.25) is 0 Å². The third kappa shape index (κ3) is 18.9. The van der Waals surface area contributed by atoms with Gasteiger partial charge in [0.05, 0.1) is 25.2 Å². The molecule has 0 radical (unpaired) electrons. The summed E-state index contributed by atoms with van der Waals surface area (Å²) in [6.45, 7) is 0.353. The summed E-state index contributed by atoms with van der Waals surface area (Å²) in [6.07, 6.45) is 9.40. The Morgan fingerprint density at radius 1 is 0.750 bits per heavy atom. The first-order valence-electron chi connectivity index (χ1n) is 8.64. The van der Waals surface area contributed by atoms with Crippen LogP contribution < -0.4 is 0 Å². The lowest BCUT2D eigenvalue weighted by Crippen LogP contribution is -2.08. The van der Waals surface area contributed by atoms with Gasteiger partial charge in [0, 0.05) is 0 Å². The van der Waals surface area contributed by atoms with E-state index in [1.807, 2.05) is 0 Å². The van der Waals surface area contributed by atoms with Gasteiger partial charge in [-0.15, -0.1) is 0 Å². The third-order valence-electron chi connectivity index (χ3n) is 3.60. The molecule has 24 heavy (non-hydrogen) atoms. The van der Waals surface area contributed by atoms with Crippen LogP contribution in [0.1, 0.15) is 77.0 Å². The lowest BCUT2D eigenvalue weighted by Gasteiger charge is -2.04. The Hall–Kier alpha value is -1.15. The minimum Gasteiger partial charge on any atom is -0.481 e. The fraction of sp³-hybridized carbons (Fsp3) is 0.875. The number of esters is 1. The van der Waals surface area contributed by atoms with Crippen molar-refractivity contribution in [3.8, 4) is 0 Å². The molecule has 0 atom stereocenters. The van der Waals surface area contributed by atoms with Crippen LogP contribution in [0.4, 0.5) is 0 Å². The number of unbranched alkanes of at least 4 members (excludes halogenated alkanes) is 9. The molecule has 0 aromatic heterocycles. The predicted octanol–water partition coefficient (Wildman–Crippen LogP) is 3.18. The maximum Gasteiger partial charge on any atom is 0.306 e. The van der Waals surface area contributed by atoms with Gasteiger partial charge in [-0.25, -0.2) is 0 Å². The van der Waals surface area contributed by atoms with Crippen molar-refractivity contribution in [3.05, 3.63) is 0 Å². The van der Waals surface area contributed by atoms with Crippen LogP contribution in [0.3, 0.4) is 0 Å². The summed E-state index contributed by atoms with van der Waals surface area (Å²) < 4.78 is 34.5. The summed E-state index contributed by atoms with van der Waals surface area (Å²) in [5, 5.41) is 8.43. The van der Waals surface area contributed by atoms with Crippen LogP contribution in [-0.2, 0) is 24.4 Å². The van der Waals surface area contributed by atoms with Gasteiger partial charge in [0.25, 0.3) is 10.1 Å². The number of rotatable bonds is 16. The van der Waals surface area contributed by atoms with E-state index >= 15 is 0 Å². The molecule has 7 nitrogen and oxygen atoms in total. The number of aliphatic carboxylic acids is 1. The van der Waals surface area contributed by atoms with Crippen molar-refractivity contribution in [2.45, 2.75) is 77.0 Å². The van der Waals surface area contributed by atoms with Crippen molar-refractivity contribution in [1.29, 1.82) is 0 Å². The third-order valence-corrected chi connectivity index (χ3v) is 4.41. The van der Waals surface area contributed by atoms with Gasteiger partial charge in [0.15, 0.2) is 0 Å². The highest BCUT2D eigenvalue weighted by atomic mass is 32.2. The van der Waals surface area contributed by atoms with Crippen LogP contribution in [0, 0.1) is 0 Å². The van der Waals surface area contributed by atoms with Crippen molar-refractivity contribution in [3.63, 3.8) is 0 Å². The summed E-state index contributed by atoms with van der Waals surface area (Å²) in [7, 11) is -3.81. The molecule has 142 valence electrons. The lowest BCUT2D eigenvalue weighted by molar-refractivity contribution is -0.147. The van der Waals surface area contributed by atoms with Crippen LogP contribution in [0.2, 0.25) is 0 Å². The highest BCUT2D eigenvalue weighted by Gasteiger charge is 2.06. The zero-order valence-corrected chi connectivity index (χ0v) is 15.1. The number of carbonyl (C=O) groups excluding carboxylic acids is 1. The molecule has 0 aliphatic rings. The van der Waals surface area contributed by atoms with Gasteiger partial charge in [-0.2, -0.15) is 8.42 Å². The van der Waals surface area contributed by atoms with Crippen LogP contribution in [0.5, 0.6) is 0 Å². The Kier molecular flexibility index (Phi) is 13.5. The Morgan fingerprint density at radius 3 is 1.67 bits per heavy atom. The summed E-state index contributed by atoms with van der Waals surface area (Å²) in [5.41, 5.74) is 0. The number of carbonyl (C=O) groups is 2. The number of carboxylic acid groups (broad SMARTS) is 1. The van der Waals surface area contributed by atoms with Gasteiger partial charge in [-0.1, -0.05) is 51.4 Å². The second-order valence-corrected chi connectivity index (χ2v) is 7.51. The van der Waals surface area contributed by atoms with Gasteiger partial charge >= 0.3 is 11.9 Å². The highest BCUT2D eigenvalue weighted by molar-refractivity contribution is 7.85. The second kappa shape index (κ2) is 14.2. The number of hydrogen-bond acceptors (Lipinski definition) is 5. The molecule has 0 amide bonds. The van der Waals surface area contributed by atoms with Crippen LogP contribution >= 0.6 is 0 Å². The molecule has 0 aliphatic carbocycles. The van der Waals surface area contributed by atoms with Crippen molar-refractivity contribution in [2.24, 2.45) is 0 Å². The quantitative estimate of drug-likeness (QED) is 0.245. The minimum absolute atomic E-state index is 0.0699. The van der Waals surface area contributed by atoms with E-state index in [2.05, 4.69) is 0 Å². The first-order chi connectivity index (χ1) is 11.3. The molecule has 0 aliphatic heterocycles. The van der Waals surface area contributed by atoms with E-state index in [4.69, 9.17) is 14.4 Å². The molecule has 0 fully saturated rings. The Balaban J connectivity index is 3.20. The van der Waals surface area contributed by atoms with Crippen molar-refractivity contribution in [2.75, 3.05) is 12.4 Å². The molecule has 2 N–H and O–H groups in total. The van der Waals surface area contributed by atoms with Gasteiger partial charge < -0.3 is 9.84 Å². The van der Waals surface area contributed by atoms with E-state index in [9.17, 15) is 18.0 Å². The molecule has 0 saturated carbocycles. The second-order valence-electron chi connectivity index (χ2n) is 5.94. The number of ether oxygens (including phenoxy) is 1. The Morgan fingerprint density at radius 2 is 1.21 bits per heavy atom. The summed E-state index contributed by atoms with van der Waals surface area (Å²) in [6, 6.07) is 0. The molecule has 0 unspecified atom stereocenters. The summed E-state index contributed by atoms with van der Waals surface area (Å²) in [4.78, 5) is 21.4. The fourth-order valence-corrected chi connectivity index (χ4v) is 2.84. The topological polar surface area (TPSA) is 118 Å². The molecule has 0 aromatic rings. The standard InChI is InChI=1S/C16H30O7S/c17-15(18)11-12-16(19)23-13-9-7-5-3-1-2-4-6-8-10-14-24(20,21)22/h1-14H2,(H,17,18)(H,20,21,22). The molecule has 0 saturated heterocycles. The van der Waals surface area contributed by atoms with Crippen molar-refractivity contribution in [1.82, 2.24) is 0 Å². The zero-order chi connectivity index (χ0) is 18.3. The average Bonchev–Trinajstić information content (AvgIpc) is 2.48. The molecule has 0 spiro atoms. The molecular formula is C16H30O7S. The first kappa shape index (κ1) is 22.9. The van der Waals surface area contributed by atoms with Gasteiger partial charge in [-0.05, 0) is 12.8 Å². The molecule has 0 bridgehead atoms. The van der Waals surface area contributed by atoms with Crippen molar-refractivity contribution >= 4 is 22.1 Å². The van der Waals surface area contributed by atoms with E-state index < -0.39 is 22.1 Å². The van der Waals surface area contributed by atoms with E-state index in [0.29, 0.717) is 13.0 Å². The zero-order valence-electron chi connectivity index (χ0n) is 14.2. The van der Waals surface area contributed by atoms with E-state index in [-0.39, 0.29) is 18.6 Å². The first-order valence-corrected chi connectivity index (χ1v) is 10.2. The van der Waals surface area contributed by atoms with Crippen LogP contribution in [-0.4, -0.2) is 42.4 Å². The number of carboxylic acids is 1. The van der Waals surface area contributed by atoms with E-state index in [1.165, 1.54) is 0 Å². The molecule has 8 heteroatoms. The molecule has 0 aromatic carbocycles. The Labute approximate surface area is 144 Å². The van der Waals surface area contributed by atoms with Gasteiger partial charge in [0.1, 0.15) is 0 Å². The molecular weight excluding hydrogens is 336 g/mol. The predicted molar refractivity (Wildman–Crippen MR) is 90.4 cm³/mol. The van der Waals surface area contributed by atoms with E-state index in [0.717, 1.165) is 57.8 Å². The van der Waals surface area contributed by atoms with E-state index in [1.54, 1.807) is 0 Å². The Bertz CT molecular complexity index is 445. The monoisotopic (exact) mass is 366 g/mol. The highest BCUT2D eigenvalue weighted by Crippen LogP contribution is 2.11. The maximum absolute atomic E-state index is 11.2. The summed E-state index contributed by atoms with van der Waals surface area (Å²) >= 11 is 0. The van der Waals surface area contributed by atoms with Crippen molar-refractivity contribution < 1.29 is 32.4 Å². The van der Waals surface area contributed by atoms with Crippen LogP contribution in [0.15, 0.2) is 0 Å². The van der Waals surface area contributed by atoms with Crippen LogP contribution in [0.25, 0.3) is 0 Å². The normalized spacial score (nSPS) is 11.4. The SMILES string of the molecule is O=C(O)CCC(=O)OCCCCCCCCCCCCS(=O)(=O)O. The number of hydrogen-bond donors (Lipinski definition) is 2. The fourth-order valence-electron chi connectivity index (χ4n) is 2.27. The lowest BCUT2D eigenvalue weighted by atomic mass is 10.1. The summed E-state index contributed by atoms with van der Waals surface area (Å²) in [5.74, 6) is -1.59. The maximum atomic E-state index is 11.2. The molecule has 0 heterocycles. The largest absolute Gasteiger partial charge is 0.481 e.